The Hall–Kier alpha value is -2.08. The molecule has 0 bridgehead atoms. The smallest absolute Gasteiger partial charge is 0.337 e. The number of carbonyl (C=O) groups is 2. The molecular formula is C22H26O3. The second-order valence-corrected chi connectivity index (χ2v) is 7.69. The summed E-state index contributed by atoms with van der Waals surface area (Å²) in [7, 11) is 1.38. The molecule has 1 aromatic carbocycles. The van der Waals surface area contributed by atoms with Crippen LogP contribution in [0.2, 0.25) is 0 Å². The molecule has 25 heavy (non-hydrogen) atoms. The van der Waals surface area contributed by atoms with Crippen molar-refractivity contribution < 1.29 is 14.3 Å². The molecule has 0 spiro atoms. The number of carbonyl (C=O) groups excluding carboxylic acids is 2. The predicted octanol–water partition coefficient (Wildman–Crippen LogP) is 4.25. The minimum atomic E-state index is -0.344. The van der Waals surface area contributed by atoms with E-state index in [0.29, 0.717) is 17.3 Å². The van der Waals surface area contributed by atoms with Crippen LogP contribution >= 0.6 is 0 Å². The zero-order valence-corrected chi connectivity index (χ0v) is 15.3. The van der Waals surface area contributed by atoms with Gasteiger partial charge in [-0.05, 0) is 55.2 Å². The lowest BCUT2D eigenvalue weighted by Crippen LogP contribution is -2.39. The number of hydrogen-bond acceptors (Lipinski definition) is 3. The molecule has 0 aliphatic heterocycles. The van der Waals surface area contributed by atoms with Gasteiger partial charge in [-0.3, -0.25) is 4.79 Å². The van der Waals surface area contributed by atoms with Gasteiger partial charge in [0.15, 0.2) is 0 Å². The molecule has 0 aromatic heterocycles. The highest BCUT2D eigenvalue weighted by Crippen LogP contribution is 2.56. The second kappa shape index (κ2) is 7.04. The average Bonchev–Trinajstić information content (AvgIpc) is 2.97. The van der Waals surface area contributed by atoms with Crippen LogP contribution in [0.1, 0.15) is 61.9 Å². The van der Waals surface area contributed by atoms with Crippen molar-refractivity contribution in [3.8, 4) is 11.8 Å². The quantitative estimate of drug-likeness (QED) is 0.598. The molecule has 4 atom stereocenters. The Kier molecular flexibility index (Phi) is 4.99. The fraction of sp³-hybridized carbons (Fsp3) is 0.545. The molecular weight excluding hydrogens is 312 g/mol. The van der Waals surface area contributed by atoms with Crippen molar-refractivity contribution in [2.45, 2.75) is 46.0 Å². The van der Waals surface area contributed by atoms with E-state index in [1.54, 1.807) is 12.1 Å². The molecule has 3 heteroatoms. The minimum Gasteiger partial charge on any atom is -0.465 e. The van der Waals surface area contributed by atoms with Gasteiger partial charge in [-0.2, -0.15) is 0 Å². The average molecular weight is 338 g/mol. The van der Waals surface area contributed by atoms with Crippen molar-refractivity contribution in [3.63, 3.8) is 0 Å². The molecule has 2 aliphatic rings. The first-order chi connectivity index (χ1) is 12.0. The summed E-state index contributed by atoms with van der Waals surface area (Å²) in [5.74, 6) is 7.67. The molecule has 2 aliphatic carbocycles. The lowest BCUT2D eigenvalue weighted by Gasteiger charge is -2.41. The molecule has 0 N–H and O–H groups in total. The summed E-state index contributed by atoms with van der Waals surface area (Å²) in [5.41, 5.74) is 1.46. The summed E-state index contributed by atoms with van der Waals surface area (Å²) in [6, 6.07) is 7.24. The summed E-state index contributed by atoms with van der Waals surface area (Å²) in [4.78, 5) is 23.9. The van der Waals surface area contributed by atoms with Crippen LogP contribution in [0, 0.1) is 35.0 Å². The number of hydrogen-bond donors (Lipinski definition) is 0. The van der Waals surface area contributed by atoms with Crippen LogP contribution in [0.15, 0.2) is 24.3 Å². The first kappa shape index (κ1) is 17.7. The Morgan fingerprint density at radius 1 is 1.36 bits per heavy atom. The summed E-state index contributed by atoms with van der Waals surface area (Å²) < 4.78 is 4.76. The Morgan fingerprint density at radius 3 is 2.92 bits per heavy atom. The molecule has 2 unspecified atom stereocenters. The van der Waals surface area contributed by atoms with Gasteiger partial charge in [-0.1, -0.05) is 31.8 Å². The Labute approximate surface area is 150 Å². The topological polar surface area (TPSA) is 43.4 Å². The van der Waals surface area contributed by atoms with E-state index in [0.717, 1.165) is 37.7 Å². The van der Waals surface area contributed by atoms with Crippen LogP contribution in [0.5, 0.6) is 0 Å². The number of benzene rings is 1. The van der Waals surface area contributed by atoms with E-state index in [2.05, 4.69) is 25.7 Å². The zero-order chi connectivity index (χ0) is 18.0. The Balaban J connectivity index is 1.77. The van der Waals surface area contributed by atoms with E-state index in [9.17, 15) is 9.59 Å². The third kappa shape index (κ3) is 3.35. The van der Waals surface area contributed by atoms with Crippen molar-refractivity contribution in [1.82, 2.24) is 0 Å². The van der Waals surface area contributed by atoms with Gasteiger partial charge in [0.1, 0.15) is 5.78 Å². The predicted molar refractivity (Wildman–Crippen MR) is 97.0 cm³/mol. The maximum Gasteiger partial charge on any atom is 0.337 e. The standard InChI is InChI=1S/C22H26O3/c1-15(9-10-16-6-4-7-17(14-16)21(24)25-3)18-11-12-19-20(23)8-5-13-22(18,19)2/h4,6-7,14-15,18-19H,5,8,11-13H2,1-3H3/t15?,18-,19?,22-/m1/s1. The van der Waals surface area contributed by atoms with Gasteiger partial charge >= 0.3 is 5.97 Å². The van der Waals surface area contributed by atoms with Gasteiger partial charge in [0.2, 0.25) is 0 Å². The molecule has 3 rings (SSSR count). The van der Waals surface area contributed by atoms with E-state index in [1.165, 1.54) is 7.11 Å². The van der Waals surface area contributed by atoms with Crippen molar-refractivity contribution in [3.05, 3.63) is 35.4 Å². The molecule has 2 saturated carbocycles. The highest BCUT2D eigenvalue weighted by atomic mass is 16.5. The summed E-state index contributed by atoms with van der Waals surface area (Å²) in [6.45, 7) is 4.47. The number of Topliss-reactive ketones (excluding diaryl/α,β-unsaturated/α-hetero) is 1. The fourth-order valence-electron chi connectivity index (χ4n) is 4.93. The van der Waals surface area contributed by atoms with Crippen molar-refractivity contribution in [1.29, 1.82) is 0 Å². The number of fused-ring (bicyclic) bond motifs is 1. The maximum atomic E-state index is 12.3. The monoisotopic (exact) mass is 338 g/mol. The van der Waals surface area contributed by atoms with Gasteiger partial charge in [0.05, 0.1) is 12.7 Å². The van der Waals surface area contributed by atoms with Gasteiger partial charge in [0, 0.05) is 23.8 Å². The lowest BCUT2D eigenvalue weighted by molar-refractivity contribution is -0.129. The van der Waals surface area contributed by atoms with Crippen molar-refractivity contribution in [2.75, 3.05) is 7.11 Å². The third-order valence-electron chi connectivity index (χ3n) is 6.27. The number of rotatable bonds is 2. The van der Waals surface area contributed by atoms with Gasteiger partial charge < -0.3 is 4.74 Å². The van der Waals surface area contributed by atoms with Crippen LogP contribution in [0.25, 0.3) is 0 Å². The minimum absolute atomic E-state index is 0.108. The zero-order valence-electron chi connectivity index (χ0n) is 15.3. The lowest BCUT2D eigenvalue weighted by atomic mass is 9.62. The molecule has 3 nitrogen and oxygen atoms in total. The molecule has 132 valence electrons. The van der Waals surface area contributed by atoms with E-state index in [1.807, 2.05) is 12.1 Å². The van der Waals surface area contributed by atoms with Gasteiger partial charge in [-0.25, -0.2) is 4.79 Å². The van der Waals surface area contributed by atoms with Crippen LogP contribution in [0.3, 0.4) is 0 Å². The summed E-state index contributed by atoms with van der Waals surface area (Å²) in [6.07, 6.45) is 5.02. The first-order valence-corrected chi connectivity index (χ1v) is 9.18. The van der Waals surface area contributed by atoms with Crippen LogP contribution in [0.4, 0.5) is 0 Å². The van der Waals surface area contributed by atoms with E-state index < -0.39 is 0 Å². The number of methoxy groups -OCH3 is 1. The molecule has 2 fully saturated rings. The number of esters is 1. The highest BCUT2D eigenvalue weighted by Gasteiger charge is 2.52. The maximum absolute atomic E-state index is 12.3. The van der Waals surface area contributed by atoms with Crippen molar-refractivity contribution >= 4 is 11.8 Å². The molecule has 0 radical (unpaired) electrons. The van der Waals surface area contributed by atoms with Crippen LogP contribution in [-0.4, -0.2) is 18.9 Å². The molecule has 0 heterocycles. The van der Waals surface area contributed by atoms with Crippen LogP contribution < -0.4 is 0 Å². The van der Waals surface area contributed by atoms with Gasteiger partial charge in [0.25, 0.3) is 0 Å². The fourth-order valence-corrected chi connectivity index (χ4v) is 4.93. The van der Waals surface area contributed by atoms with Gasteiger partial charge in [-0.15, -0.1) is 0 Å². The molecule has 0 amide bonds. The normalized spacial score (nSPS) is 29.3. The number of ketones is 1. The summed E-state index contributed by atoms with van der Waals surface area (Å²) in [5, 5.41) is 0. The van der Waals surface area contributed by atoms with E-state index >= 15 is 0 Å². The van der Waals surface area contributed by atoms with E-state index in [-0.39, 0.29) is 23.2 Å². The summed E-state index contributed by atoms with van der Waals surface area (Å²) >= 11 is 0. The SMILES string of the molecule is COC(=O)c1cccc(C#CC(C)[C@H]2CCC3C(=O)CCC[C@@]32C)c1. The molecule has 0 saturated heterocycles. The highest BCUT2D eigenvalue weighted by molar-refractivity contribution is 5.89. The van der Waals surface area contributed by atoms with E-state index in [4.69, 9.17) is 4.74 Å². The Bertz CT molecular complexity index is 739. The largest absolute Gasteiger partial charge is 0.465 e. The third-order valence-corrected chi connectivity index (χ3v) is 6.27. The first-order valence-electron chi connectivity index (χ1n) is 9.18. The van der Waals surface area contributed by atoms with Crippen LogP contribution in [-0.2, 0) is 9.53 Å². The second-order valence-electron chi connectivity index (χ2n) is 7.69. The van der Waals surface area contributed by atoms with Crippen molar-refractivity contribution in [2.24, 2.45) is 23.2 Å². The molecule has 1 aromatic rings. The Morgan fingerprint density at radius 2 is 2.16 bits per heavy atom. The number of ether oxygens (including phenoxy) is 1.